The minimum Gasteiger partial charge on any atom is -0.487 e. The molecular formula is C22H18Cl2O5. The van der Waals surface area contributed by atoms with Gasteiger partial charge in [0.05, 0.1) is 10.0 Å². The summed E-state index contributed by atoms with van der Waals surface area (Å²) in [6.45, 7) is 0.122. The first-order chi connectivity index (χ1) is 14.0. The normalized spacial score (nSPS) is 11.7. The number of benzene rings is 3. The van der Waals surface area contributed by atoms with E-state index in [0.717, 1.165) is 0 Å². The Morgan fingerprint density at radius 2 is 1.38 bits per heavy atom. The van der Waals surface area contributed by atoms with Crippen LogP contribution in [0, 0.1) is 0 Å². The van der Waals surface area contributed by atoms with Crippen molar-refractivity contribution < 1.29 is 24.5 Å². The SMILES string of the molecule is O=C(O)C(O)c1cccc(COc2ccccc2Cl)c1COc1ccccc1Cl. The topological polar surface area (TPSA) is 76.0 Å². The van der Waals surface area contributed by atoms with Crippen molar-refractivity contribution in [3.63, 3.8) is 0 Å². The molecule has 0 spiro atoms. The minimum absolute atomic E-state index is 0.00542. The number of rotatable bonds is 8. The van der Waals surface area contributed by atoms with Gasteiger partial charge in [0.2, 0.25) is 0 Å². The molecule has 0 aliphatic carbocycles. The van der Waals surface area contributed by atoms with Crippen molar-refractivity contribution in [2.45, 2.75) is 19.3 Å². The largest absolute Gasteiger partial charge is 0.487 e. The maximum Gasteiger partial charge on any atom is 0.337 e. The van der Waals surface area contributed by atoms with Crippen LogP contribution in [0.3, 0.4) is 0 Å². The summed E-state index contributed by atoms with van der Waals surface area (Å²) in [5.74, 6) is -0.406. The Hall–Kier alpha value is -2.73. The van der Waals surface area contributed by atoms with E-state index in [1.165, 1.54) is 0 Å². The number of halogens is 2. The second-order valence-corrected chi connectivity index (χ2v) is 6.98. The van der Waals surface area contributed by atoms with E-state index in [1.54, 1.807) is 66.7 Å². The van der Waals surface area contributed by atoms with Crippen molar-refractivity contribution in [3.8, 4) is 11.5 Å². The molecule has 3 rings (SSSR count). The van der Waals surface area contributed by atoms with Gasteiger partial charge in [-0.25, -0.2) is 4.79 Å². The van der Waals surface area contributed by atoms with E-state index >= 15 is 0 Å². The average molecular weight is 433 g/mol. The highest BCUT2D eigenvalue weighted by molar-refractivity contribution is 6.32. The van der Waals surface area contributed by atoms with E-state index < -0.39 is 12.1 Å². The van der Waals surface area contributed by atoms with E-state index in [4.69, 9.17) is 32.7 Å². The van der Waals surface area contributed by atoms with Gasteiger partial charge >= 0.3 is 5.97 Å². The first-order valence-electron chi connectivity index (χ1n) is 8.73. The van der Waals surface area contributed by atoms with Gasteiger partial charge < -0.3 is 19.7 Å². The number of para-hydroxylation sites is 2. The Morgan fingerprint density at radius 3 is 1.93 bits per heavy atom. The molecule has 0 aliphatic rings. The smallest absolute Gasteiger partial charge is 0.337 e. The van der Waals surface area contributed by atoms with E-state index in [9.17, 15) is 15.0 Å². The highest BCUT2D eigenvalue weighted by Gasteiger charge is 2.22. The van der Waals surface area contributed by atoms with Crippen molar-refractivity contribution in [1.29, 1.82) is 0 Å². The third-order valence-electron chi connectivity index (χ3n) is 4.27. The maximum absolute atomic E-state index is 11.4. The Balaban J connectivity index is 1.90. The molecule has 0 aliphatic heterocycles. The summed E-state index contributed by atoms with van der Waals surface area (Å²) in [5, 5.41) is 20.3. The van der Waals surface area contributed by atoms with Crippen molar-refractivity contribution in [1.82, 2.24) is 0 Å². The van der Waals surface area contributed by atoms with Gasteiger partial charge in [0, 0.05) is 5.56 Å². The van der Waals surface area contributed by atoms with Crippen LogP contribution in [0.1, 0.15) is 22.8 Å². The van der Waals surface area contributed by atoms with Crippen LogP contribution in [0.25, 0.3) is 0 Å². The Labute approximate surface area is 178 Å². The number of aliphatic hydroxyl groups excluding tert-OH is 1. The molecule has 0 amide bonds. The lowest BCUT2D eigenvalue weighted by atomic mass is 9.97. The molecule has 0 fully saturated rings. The lowest BCUT2D eigenvalue weighted by molar-refractivity contribution is -0.147. The van der Waals surface area contributed by atoms with Crippen LogP contribution in [0.4, 0.5) is 0 Å². The first-order valence-corrected chi connectivity index (χ1v) is 9.49. The summed E-state index contributed by atoms with van der Waals surface area (Å²) in [4.78, 5) is 11.4. The highest BCUT2D eigenvalue weighted by atomic mass is 35.5. The summed E-state index contributed by atoms with van der Waals surface area (Å²) in [6.07, 6.45) is -1.69. The third-order valence-corrected chi connectivity index (χ3v) is 4.89. The fraction of sp³-hybridized carbons (Fsp3) is 0.136. The number of hydrogen-bond donors (Lipinski definition) is 2. The quantitative estimate of drug-likeness (QED) is 0.506. The average Bonchev–Trinajstić information content (AvgIpc) is 2.72. The van der Waals surface area contributed by atoms with Crippen molar-refractivity contribution in [2.24, 2.45) is 0 Å². The number of carboxylic acid groups (broad SMARTS) is 1. The van der Waals surface area contributed by atoms with Gasteiger partial charge in [-0.15, -0.1) is 0 Å². The zero-order valence-electron chi connectivity index (χ0n) is 15.2. The van der Waals surface area contributed by atoms with Crippen LogP contribution in [0.15, 0.2) is 66.7 Å². The zero-order valence-corrected chi connectivity index (χ0v) is 16.7. The molecule has 1 unspecified atom stereocenters. The van der Waals surface area contributed by atoms with E-state index in [1.807, 2.05) is 0 Å². The van der Waals surface area contributed by atoms with Gasteiger partial charge in [-0.3, -0.25) is 0 Å². The van der Waals surface area contributed by atoms with Crippen LogP contribution >= 0.6 is 23.2 Å². The summed E-state index contributed by atoms with van der Waals surface area (Å²) in [6, 6.07) is 19.0. The predicted molar refractivity (Wildman–Crippen MR) is 111 cm³/mol. The van der Waals surface area contributed by atoms with Crippen molar-refractivity contribution in [3.05, 3.63) is 93.5 Å². The molecule has 5 nitrogen and oxygen atoms in total. The van der Waals surface area contributed by atoms with Gasteiger partial charge in [-0.05, 0) is 35.4 Å². The molecule has 0 heterocycles. The monoisotopic (exact) mass is 432 g/mol. The molecule has 3 aromatic rings. The molecule has 2 N–H and O–H groups in total. The molecule has 1 atom stereocenters. The molecule has 0 radical (unpaired) electrons. The summed E-state index contributed by atoms with van der Waals surface area (Å²) in [7, 11) is 0. The van der Waals surface area contributed by atoms with Gasteiger partial charge in [0.1, 0.15) is 24.7 Å². The standard InChI is InChI=1S/C22H18Cl2O5/c23-17-8-1-3-10-19(17)28-12-14-6-5-7-15(21(25)22(26)27)16(14)13-29-20-11-4-2-9-18(20)24/h1-11,21,25H,12-13H2,(H,26,27). The van der Waals surface area contributed by atoms with Gasteiger partial charge in [0.15, 0.2) is 6.10 Å². The fourth-order valence-corrected chi connectivity index (χ4v) is 3.16. The summed E-state index contributed by atoms with van der Waals surface area (Å²) in [5.41, 5.74) is 1.40. The van der Waals surface area contributed by atoms with Crippen molar-refractivity contribution in [2.75, 3.05) is 0 Å². The third kappa shape index (κ3) is 5.21. The molecule has 0 saturated heterocycles. The molecule has 150 valence electrons. The van der Waals surface area contributed by atoms with Gasteiger partial charge in [-0.1, -0.05) is 65.7 Å². The molecule has 0 aromatic heterocycles. The van der Waals surface area contributed by atoms with E-state index in [2.05, 4.69) is 0 Å². The van der Waals surface area contributed by atoms with E-state index in [0.29, 0.717) is 32.7 Å². The Morgan fingerprint density at radius 1 is 0.828 bits per heavy atom. The number of carboxylic acids is 1. The molecule has 0 bridgehead atoms. The van der Waals surface area contributed by atoms with Crippen LogP contribution in [0.5, 0.6) is 11.5 Å². The molecule has 29 heavy (non-hydrogen) atoms. The van der Waals surface area contributed by atoms with Crippen LogP contribution in [-0.4, -0.2) is 16.2 Å². The second-order valence-electron chi connectivity index (χ2n) is 6.16. The Kier molecular flexibility index (Phi) is 6.99. The molecule has 7 heteroatoms. The van der Waals surface area contributed by atoms with Gasteiger partial charge in [0.25, 0.3) is 0 Å². The predicted octanol–water partition coefficient (Wildman–Crippen LogP) is 5.27. The number of ether oxygens (including phenoxy) is 2. The maximum atomic E-state index is 11.4. The number of hydrogen-bond acceptors (Lipinski definition) is 4. The van der Waals surface area contributed by atoms with Gasteiger partial charge in [-0.2, -0.15) is 0 Å². The fourth-order valence-electron chi connectivity index (χ4n) is 2.78. The van der Waals surface area contributed by atoms with Crippen LogP contribution in [-0.2, 0) is 18.0 Å². The summed E-state index contributed by atoms with van der Waals surface area (Å²) >= 11 is 12.3. The molecule has 0 saturated carbocycles. The number of carbonyl (C=O) groups is 1. The number of aliphatic hydroxyl groups is 1. The minimum atomic E-state index is -1.69. The summed E-state index contributed by atoms with van der Waals surface area (Å²) < 4.78 is 11.6. The van der Waals surface area contributed by atoms with Crippen LogP contribution < -0.4 is 9.47 Å². The molecular weight excluding hydrogens is 415 g/mol. The first kappa shape index (κ1) is 21.0. The van der Waals surface area contributed by atoms with E-state index in [-0.39, 0.29) is 18.8 Å². The Bertz CT molecular complexity index is 1010. The highest BCUT2D eigenvalue weighted by Crippen LogP contribution is 2.29. The van der Waals surface area contributed by atoms with Crippen LogP contribution in [0.2, 0.25) is 10.0 Å². The number of aliphatic carboxylic acids is 1. The molecule has 3 aromatic carbocycles. The second kappa shape index (κ2) is 9.65. The lowest BCUT2D eigenvalue weighted by Crippen LogP contribution is -2.16. The lowest BCUT2D eigenvalue weighted by Gasteiger charge is -2.18. The zero-order chi connectivity index (χ0) is 20.8. The van der Waals surface area contributed by atoms with Crippen molar-refractivity contribution >= 4 is 29.2 Å².